The molecule has 0 aromatic rings. The van der Waals surface area contributed by atoms with Crippen LogP contribution in [0.3, 0.4) is 0 Å². The van der Waals surface area contributed by atoms with E-state index in [9.17, 15) is 9.59 Å². The Hall–Kier alpha value is -1.79. The van der Waals surface area contributed by atoms with E-state index in [1.807, 2.05) is 0 Å². The monoisotopic (exact) mass is 242 g/mol. The molecule has 1 aliphatic carbocycles. The summed E-state index contributed by atoms with van der Waals surface area (Å²) < 4.78 is 0. The summed E-state index contributed by atoms with van der Waals surface area (Å²) in [6, 6.07) is 0.0430. The van der Waals surface area contributed by atoms with E-state index < -0.39 is 5.91 Å². The Morgan fingerprint density at radius 3 is 2.35 bits per heavy atom. The SMILES string of the molecule is NC(=O)CN(C(=O)CC(N)=NO)C1CCCC1. The predicted octanol–water partition coefficient (Wildman–Crippen LogP) is -0.621. The van der Waals surface area contributed by atoms with Crippen molar-refractivity contribution in [1.82, 2.24) is 4.90 Å². The van der Waals surface area contributed by atoms with Gasteiger partial charge in [0, 0.05) is 6.04 Å². The first-order valence-corrected chi connectivity index (χ1v) is 5.58. The first-order valence-electron chi connectivity index (χ1n) is 5.58. The average Bonchev–Trinajstić information content (AvgIpc) is 2.78. The topological polar surface area (TPSA) is 122 Å². The second kappa shape index (κ2) is 6.07. The van der Waals surface area contributed by atoms with Crippen molar-refractivity contribution < 1.29 is 14.8 Å². The molecule has 1 saturated carbocycles. The van der Waals surface area contributed by atoms with Crippen LogP contribution in [0.1, 0.15) is 32.1 Å². The number of nitrogens with two attached hydrogens (primary N) is 2. The number of primary amides is 1. The minimum absolute atomic E-state index is 0.0430. The van der Waals surface area contributed by atoms with Crippen LogP contribution < -0.4 is 11.5 Å². The van der Waals surface area contributed by atoms with Crippen molar-refractivity contribution in [3.05, 3.63) is 0 Å². The van der Waals surface area contributed by atoms with Gasteiger partial charge in [-0.15, -0.1) is 0 Å². The second-order valence-corrected chi connectivity index (χ2v) is 4.19. The summed E-state index contributed by atoms with van der Waals surface area (Å²) in [5, 5.41) is 11.2. The van der Waals surface area contributed by atoms with Crippen molar-refractivity contribution in [2.24, 2.45) is 16.6 Å². The van der Waals surface area contributed by atoms with Gasteiger partial charge in [-0.25, -0.2) is 0 Å². The van der Waals surface area contributed by atoms with Crippen LogP contribution in [0, 0.1) is 0 Å². The third-order valence-electron chi connectivity index (χ3n) is 2.87. The van der Waals surface area contributed by atoms with E-state index in [0.29, 0.717) is 0 Å². The van der Waals surface area contributed by atoms with Gasteiger partial charge in [0.1, 0.15) is 5.84 Å². The molecule has 0 radical (unpaired) electrons. The first-order chi connectivity index (χ1) is 8.04. The van der Waals surface area contributed by atoms with Gasteiger partial charge in [-0.2, -0.15) is 0 Å². The zero-order valence-corrected chi connectivity index (χ0v) is 9.63. The summed E-state index contributed by atoms with van der Waals surface area (Å²) in [7, 11) is 0. The van der Waals surface area contributed by atoms with Gasteiger partial charge in [0.25, 0.3) is 0 Å². The van der Waals surface area contributed by atoms with Crippen molar-refractivity contribution in [3.63, 3.8) is 0 Å². The van der Waals surface area contributed by atoms with Crippen molar-refractivity contribution >= 4 is 17.6 Å². The number of amides is 2. The van der Waals surface area contributed by atoms with Gasteiger partial charge < -0.3 is 21.6 Å². The van der Waals surface area contributed by atoms with Crippen molar-refractivity contribution in [2.75, 3.05) is 6.54 Å². The van der Waals surface area contributed by atoms with Gasteiger partial charge in [-0.1, -0.05) is 18.0 Å². The van der Waals surface area contributed by atoms with Crippen LogP contribution >= 0.6 is 0 Å². The average molecular weight is 242 g/mol. The molecule has 0 bridgehead atoms. The molecule has 0 atom stereocenters. The largest absolute Gasteiger partial charge is 0.409 e. The molecule has 7 nitrogen and oxygen atoms in total. The van der Waals surface area contributed by atoms with Crippen molar-refractivity contribution in [2.45, 2.75) is 38.1 Å². The van der Waals surface area contributed by atoms with E-state index in [-0.39, 0.29) is 30.8 Å². The molecular weight excluding hydrogens is 224 g/mol. The number of nitrogens with zero attached hydrogens (tertiary/aromatic N) is 2. The summed E-state index contributed by atoms with van der Waals surface area (Å²) in [5.41, 5.74) is 10.4. The van der Waals surface area contributed by atoms with Crippen LogP contribution in [0.4, 0.5) is 0 Å². The smallest absolute Gasteiger partial charge is 0.237 e. The minimum atomic E-state index is -0.551. The molecule has 1 aliphatic rings. The predicted molar refractivity (Wildman–Crippen MR) is 61.2 cm³/mol. The molecule has 0 aliphatic heterocycles. The van der Waals surface area contributed by atoms with Crippen molar-refractivity contribution in [1.29, 1.82) is 0 Å². The first kappa shape index (κ1) is 13.3. The van der Waals surface area contributed by atoms with E-state index >= 15 is 0 Å². The van der Waals surface area contributed by atoms with E-state index in [1.54, 1.807) is 0 Å². The fourth-order valence-corrected chi connectivity index (χ4v) is 2.10. The van der Waals surface area contributed by atoms with Crippen LogP contribution in [-0.2, 0) is 9.59 Å². The highest BCUT2D eigenvalue weighted by Crippen LogP contribution is 2.23. The Morgan fingerprint density at radius 2 is 1.88 bits per heavy atom. The van der Waals surface area contributed by atoms with E-state index in [2.05, 4.69) is 5.16 Å². The molecule has 1 rings (SSSR count). The molecule has 7 heteroatoms. The molecule has 0 aromatic carbocycles. The Bertz CT molecular complexity index is 324. The number of amidine groups is 1. The zero-order valence-electron chi connectivity index (χ0n) is 9.63. The van der Waals surface area contributed by atoms with E-state index in [1.165, 1.54) is 4.90 Å². The summed E-state index contributed by atoms with van der Waals surface area (Å²) >= 11 is 0. The maximum absolute atomic E-state index is 11.9. The lowest BCUT2D eigenvalue weighted by Gasteiger charge is -2.27. The Kier molecular flexibility index (Phi) is 4.74. The van der Waals surface area contributed by atoms with E-state index in [4.69, 9.17) is 16.7 Å². The summed E-state index contributed by atoms with van der Waals surface area (Å²) in [5.74, 6) is -1.04. The van der Waals surface area contributed by atoms with Gasteiger partial charge >= 0.3 is 0 Å². The quantitative estimate of drug-likeness (QED) is 0.257. The fraction of sp³-hybridized carbons (Fsp3) is 0.700. The number of hydrogen-bond acceptors (Lipinski definition) is 4. The Morgan fingerprint density at radius 1 is 1.29 bits per heavy atom. The van der Waals surface area contributed by atoms with Gasteiger partial charge in [-0.05, 0) is 12.8 Å². The summed E-state index contributed by atoms with van der Waals surface area (Å²) in [4.78, 5) is 24.3. The number of rotatable bonds is 5. The molecule has 17 heavy (non-hydrogen) atoms. The van der Waals surface area contributed by atoms with Gasteiger partial charge in [0.2, 0.25) is 11.8 Å². The molecule has 1 fully saturated rings. The van der Waals surface area contributed by atoms with Crippen molar-refractivity contribution in [3.8, 4) is 0 Å². The third kappa shape index (κ3) is 3.93. The maximum Gasteiger partial charge on any atom is 0.237 e. The highest BCUT2D eigenvalue weighted by atomic mass is 16.4. The lowest BCUT2D eigenvalue weighted by molar-refractivity contribution is -0.136. The van der Waals surface area contributed by atoms with Crippen LogP contribution in [0.2, 0.25) is 0 Å². The van der Waals surface area contributed by atoms with Crippen LogP contribution in [0.5, 0.6) is 0 Å². The molecule has 0 unspecified atom stereocenters. The highest BCUT2D eigenvalue weighted by molar-refractivity contribution is 5.99. The maximum atomic E-state index is 11.9. The number of carbonyl (C=O) groups excluding carboxylic acids is 2. The lowest BCUT2D eigenvalue weighted by Crippen LogP contribution is -2.45. The minimum Gasteiger partial charge on any atom is -0.409 e. The van der Waals surface area contributed by atoms with Crippen LogP contribution in [0.15, 0.2) is 5.16 Å². The molecular formula is C10H18N4O3. The molecule has 96 valence electrons. The highest BCUT2D eigenvalue weighted by Gasteiger charge is 2.28. The van der Waals surface area contributed by atoms with Gasteiger partial charge in [-0.3, -0.25) is 9.59 Å². The molecule has 5 N–H and O–H groups in total. The lowest BCUT2D eigenvalue weighted by atomic mass is 10.2. The van der Waals surface area contributed by atoms with Crippen LogP contribution in [-0.4, -0.2) is 40.3 Å². The fourth-order valence-electron chi connectivity index (χ4n) is 2.10. The van der Waals surface area contributed by atoms with Crippen LogP contribution in [0.25, 0.3) is 0 Å². The molecule has 0 saturated heterocycles. The van der Waals surface area contributed by atoms with Gasteiger partial charge in [0.15, 0.2) is 0 Å². The molecule has 2 amide bonds. The second-order valence-electron chi connectivity index (χ2n) is 4.19. The number of carbonyl (C=O) groups is 2. The zero-order chi connectivity index (χ0) is 12.8. The molecule has 0 aromatic heterocycles. The molecule has 0 heterocycles. The summed E-state index contributed by atoms with van der Waals surface area (Å²) in [6.45, 7) is -0.109. The van der Waals surface area contributed by atoms with E-state index in [0.717, 1.165) is 25.7 Å². The van der Waals surface area contributed by atoms with Gasteiger partial charge in [0.05, 0.1) is 13.0 Å². The number of oxime groups is 1. The third-order valence-corrected chi connectivity index (χ3v) is 2.87. The summed E-state index contributed by atoms with van der Waals surface area (Å²) in [6.07, 6.45) is 3.62. The standard InChI is InChI=1S/C10H18N4O3/c11-8(13-17)5-10(16)14(6-9(12)15)7-3-1-2-4-7/h7,17H,1-6H2,(H2,11,13)(H2,12,15). The Balaban J connectivity index is 2.67. The number of hydrogen-bond donors (Lipinski definition) is 3. The Labute approximate surface area is 99.4 Å². The molecule has 0 spiro atoms. The normalized spacial score (nSPS) is 17.1.